The fourth-order valence-corrected chi connectivity index (χ4v) is 5.29. The Balaban J connectivity index is 1.19. The van der Waals surface area contributed by atoms with Crippen molar-refractivity contribution in [1.82, 2.24) is 24.5 Å². The van der Waals surface area contributed by atoms with E-state index in [9.17, 15) is 4.79 Å². The number of likely N-dealkylation sites (tertiary alicyclic amines) is 1. The zero-order chi connectivity index (χ0) is 17.5. The van der Waals surface area contributed by atoms with Gasteiger partial charge in [0.1, 0.15) is 0 Å². The number of thioether (sulfide) groups is 1. The van der Waals surface area contributed by atoms with Crippen molar-refractivity contribution in [2.45, 2.75) is 51.1 Å². The highest BCUT2D eigenvalue weighted by Crippen LogP contribution is 2.23. The van der Waals surface area contributed by atoms with Crippen molar-refractivity contribution in [1.29, 1.82) is 0 Å². The maximum atomic E-state index is 12.3. The van der Waals surface area contributed by atoms with E-state index in [1.54, 1.807) is 10.7 Å². The van der Waals surface area contributed by atoms with Gasteiger partial charge in [-0.1, -0.05) is 0 Å². The molecule has 0 amide bonds. The van der Waals surface area contributed by atoms with Crippen molar-refractivity contribution < 1.29 is 0 Å². The molecule has 0 bridgehead atoms. The van der Waals surface area contributed by atoms with Crippen LogP contribution in [-0.4, -0.2) is 43.3 Å². The molecule has 3 aliphatic heterocycles. The first-order valence-electron chi connectivity index (χ1n) is 9.70. The maximum absolute atomic E-state index is 12.3. The molecule has 0 aliphatic carbocycles. The highest BCUT2D eigenvalue weighted by molar-refractivity contribution is 7.98. The molecule has 0 saturated carbocycles. The third-order valence-electron chi connectivity index (χ3n) is 5.72. The molecule has 138 valence electrons. The van der Waals surface area contributed by atoms with Crippen molar-refractivity contribution in [2.24, 2.45) is 5.92 Å². The monoisotopic (exact) mass is 371 g/mol. The predicted molar refractivity (Wildman–Crippen MR) is 102 cm³/mol. The zero-order valence-electron chi connectivity index (χ0n) is 15.1. The highest BCUT2D eigenvalue weighted by atomic mass is 32.2. The zero-order valence-corrected chi connectivity index (χ0v) is 15.9. The first-order valence-corrected chi connectivity index (χ1v) is 10.9. The van der Waals surface area contributed by atoms with Gasteiger partial charge in [-0.05, 0) is 36.6 Å². The second-order valence-corrected chi connectivity index (χ2v) is 8.91. The van der Waals surface area contributed by atoms with Crippen LogP contribution >= 0.6 is 11.8 Å². The van der Waals surface area contributed by atoms with E-state index in [4.69, 9.17) is 5.10 Å². The molecular weight excluding hydrogens is 346 g/mol. The van der Waals surface area contributed by atoms with Gasteiger partial charge < -0.3 is 0 Å². The van der Waals surface area contributed by atoms with Crippen LogP contribution in [0.25, 0.3) is 0 Å². The highest BCUT2D eigenvalue weighted by Gasteiger charge is 2.29. The van der Waals surface area contributed by atoms with Gasteiger partial charge in [-0.3, -0.25) is 14.4 Å². The largest absolute Gasteiger partial charge is 0.297 e. The van der Waals surface area contributed by atoms with Crippen LogP contribution in [0.4, 0.5) is 0 Å². The molecule has 6 nitrogen and oxygen atoms in total. The van der Waals surface area contributed by atoms with Crippen LogP contribution in [0, 0.1) is 5.92 Å². The van der Waals surface area contributed by atoms with Crippen molar-refractivity contribution in [3.63, 3.8) is 0 Å². The Morgan fingerprint density at radius 1 is 1.15 bits per heavy atom. The van der Waals surface area contributed by atoms with E-state index < -0.39 is 0 Å². The second kappa shape index (κ2) is 6.85. The van der Waals surface area contributed by atoms with Gasteiger partial charge in [-0.25, -0.2) is 4.68 Å². The maximum Gasteiger partial charge on any atom is 0.267 e. The van der Waals surface area contributed by atoms with Crippen molar-refractivity contribution >= 4 is 11.8 Å². The minimum absolute atomic E-state index is 0.0616. The van der Waals surface area contributed by atoms with Crippen molar-refractivity contribution in [2.75, 3.05) is 18.8 Å². The van der Waals surface area contributed by atoms with E-state index in [2.05, 4.69) is 20.7 Å². The Bertz CT molecular complexity index is 844. The molecule has 5 rings (SSSR count). The summed E-state index contributed by atoms with van der Waals surface area (Å²) in [6, 6.07) is 4.08. The Hall–Kier alpha value is -1.60. The summed E-state index contributed by atoms with van der Waals surface area (Å²) < 4.78 is 3.89. The molecule has 0 unspecified atom stereocenters. The quantitative estimate of drug-likeness (QED) is 0.819. The lowest BCUT2D eigenvalue weighted by Gasteiger charge is -2.38. The van der Waals surface area contributed by atoms with Crippen LogP contribution in [0.2, 0.25) is 0 Å². The summed E-state index contributed by atoms with van der Waals surface area (Å²) in [7, 11) is 0. The molecule has 0 radical (unpaired) electrons. The molecule has 0 aromatic carbocycles. The fourth-order valence-electron chi connectivity index (χ4n) is 4.33. The van der Waals surface area contributed by atoms with Crippen molar-refractivity contribution in [3.8, 4) is 0 Å². The van der Waals surface area contributed by atoms with Gasteiger partial charge in [0.2, 0.25) is 0 Å². The number of rotatable bonds is 4. The third kappa shape index (κ3) is 3.22. The summed E-state index contributed by atoms with van der Waals surface area (Å²) in [5.41, 5.74) is 4.92. The molecule has 3 aliphatic rings. The van der Waals surface area contributed by atoms with Gasteiger partial charge in [0.25, 0.3) is 5.56 Å². The van der Waals surface area contributed by atoms with Gasteiger partial charge in [-0.15, -0.1) is 0 Å². The molecule has 2 aromatic heterocycles. The molecule has 7 heteroatoms. The number of fused-ring (bicyclic) bond motifs is 2. The molecule has 0 N–H and O–H groups in total. The first-order chi connectivity index (χ1) is 12.7. The number of aromatic nitrogens is 4. The lowest BCUT2D eigenvalue weighted by molar-refractivity contribution is 0.0750. The minimum Gasteiger partial charge on any atom is -0.297 e. The smallest absolute Gasteiger partial charge is 0.267 e. The topological polar surface area (TPSA) is 56.0 Å². The third-order valence-corrected chi connectivity index (χ3v) is 6.73. The Morgan fingerprint density at radius 2 is 2.08 bits per heavy atom. The van der Waals surface area contributed by atoms with Crippen LogP contribution in [0.5, 0.6) is 0 Å². The van der Waals surface area contributed by atoms with Gasteiger partial charge in [0.15, 0.2) is 0 Å². The van der Waals surface area contributed by atoms with Gasteiger partial charge in [-0.2, -0.15) is 22.0 Å². The van der Waals surface area contributed by atoms with E-state index >= 15 is 0 Å². The lowest BCUT2D eigenvalue weighted by Crippen LogP contribution is -2.49. The SMILES string of the molecule is O=c1cc2c(nn1CC1CN(Cc3cc4n(n3)CCCC4)C1)CCSC2. The molecule has 0 spiro atoms. The average Bonchev–Trinajstić information content (AvgIpc) is 3.02. The van der Waals surface area contributed by atoms with E-state index in [0.29, 0.717) is 5.92 Å². The van der Waals surface area contributed by atoms with Gasteiger partial charge >= 0.3 is 0 Å². The molecule has 1 fully saturated rings. The van der Waals surface area contributed by atoms with E-state index in [1.165, 1.54) is 30.7 Å². The Labute approximate surface area is 157 Å². The molecule has 26 heavy (non-hydrogen) atoms. The van der Waals surface area contributed by atoms with E-state index in [-0.39, 0.29) is 5.56 Å². The predicted octanol–water partition coefficient (Wildman–Crippen LogP) is 1.70. The summed E-state index contributed by atoms with van der Waals surface area (Å²) in [4.78, 5) is 14.7. The van der Waals surface area contributed by atoms with Crippen LogP contribution in [0.3, 0.4) is 0 Å². The Morgan fingerprint density at radius 3 is 2.96 bits per heavy atom. The summed E-state index contributed by atoms with van der Waals surface area (Å²) >= 11 is 1.89. The lowest BCUT2D eigenvalue weighted by atomic mass is 10.00. The van der Waals surface area contributed by atoms with Crippen LogP contribution in [-0.2, 0) is 38.2 Å². The van der Waals surface area contributed by atoms with Crippen LogP contribution in [0.15, 0.2) is 16.9 Å². The van der Waals surface area contributed by atoms with Gasteiger partial charge in [0, 0.05) is 56.0 Å². The molecule has 2 aromatic rings. The Kier molecular flexibility index (Phi) is 4.36. The minimum atomic E-state index is 0.0616. The standard InChI is InChI=1S/C19H25N5OS/c25-19-7-15-13-26-6-4-18(15)21-24(19)11-14-9-22(10-14)12-16-8-17-3-1-2-5-23(17)20-16/h7-8,14H,1-6,9-13H2. The second-order valence-electron chi connectivity index (χ2n) is 7.81. The number of hydrogen-bond acceptors (Lipinski definition) is 5. The average molecular weight is 372 g/mol. The first kappa shape index (κ1) is 16.6. The normalized spacial score (nSPS) is 20.5. The summed E-state index contributed by atoms with van der Waals surface area (Å²) in [6.45, 7) is 4.81. The summed E-state index contributed by atoms with van der Waals surface area (Å²) in [5, 5.41) is 9.39. The molecule has 5 heterocycles. The number of nitrogens with zero attached hydrogens (tertiary/aromatic N) is 5. The molecule has 1 saturated heterocycles. The van der Waals surface area contributed by atoms with Crippen LogP contribution < -0.4 is 5.56 Å². The molecule has 0 atom stereocenters. The summed E-state index contributed by atoms with van der Waals surface area (Å²) in [6.07, 6.45) is 4.70. The summed E-state index contributed by atoms with van der Waals surface area (Å²) in [5.74, 6) is 2.57. The van der Waals surface area contributed by atoms with E-state index in [1.807, 2.05) is 11.8 Å². The molecular formula is C19H25N5OS. The number of aryl methyl sites for hydroxylation is 3. The fraction of sp³-hybridized carbons (Fsp3) is 0.632. The van der Waals surface area contributed by atoms with Gasteiger partial charge in [0.05, 0.1) is 17.9 Å². The number of hydrogen-bond donors (Lipinski definition) is 0. The van der Waals surface area contributed by atoms with Crippen molar-refractivity contribution in [3.05, 3.63) is 45.1 Å². The van der Waals surface area contributed by atoms with Crippen LogP contribution in [0.1, 0.15) is 35.5 Å². The van der Waals surface area contributed by atoms with E-state index in [0.717, 1.165) is 61.9 Å².